The van der Waals surface area contributed by atoms with Crippen LogP contribution < -0.4 is 10.2 Å². The van der Waals surface area contributed by atoms with Crippen LogP contribution in [-0.4, -0.2) is 13.1 Å². The van der Waals surface area contributed by atoms with Gasteiger partial charge in [-0.05, 0) is 59.7 Å². The van der Waals surface area contributed by atoms with Crippen LogP contribution in [0.2, 0.25) is 0 Å². The highest BCUT2D eigenvalue weighted by Gasteiger charge is 2.38. The van der Waals surface area contributed by atoms with E-state index in [2.05, 4.69) is 118 Å². The number of hydrogen-bond donors (Lipinski definition) is 1. The fourth-order valence-corrected chi connectivity index (χ4v) is 6.19. The molecule has 0 radical (unpaired) electrons. The molecule has 0 bridgehead atoms. The Balaban J connectivity index is 1.41. The number of allylic oxidation sites excluding steroid dienone is 7. The van der Waals surface area contributed by atoms with E-state index in [1.165, 1.54) is 39.3 Å². The maximum Gasteiger partial charge on any atom is 0.0539 e. The smallest absolute Gasteiger partial charge is 0.0539 e. The van der Waals surface area contributed by atoms with Crippen LogP contribution in [0.15, 0.2) is 94.7 Å². The van der Waals surface area contributed by atoms with Crippen LogP contribution in [0, 0.1) is 0 Å². The predicted molar refractivity (Wildman–Crippen MR) is 147 cm³/mol. The second kappa shape index (κ2) is 8.50. The molecule has 2 heterocycles. The van der Waals surface area contributed by atoms with Crippen LogP contribution in [-0.2, 0) is 10.8 Å². The Hall–Kier alpha value is -2.71. The molecule has 2 aromatic rings. The van der Waals surface area contributed by atoms with Gasteiger partial charge in [-0.1, -0.05) is 93.9 Å². The van der Waals surface area contributed by atoms with Crippen molar-refractivity contribution in [2.24, 2.45) is 0 Å². The monoisotopic (exact) mass is 470 g/mol. The Kier molecular flexibility index (Phi) is 5.76. The Morgan fingerprint density at radius 1 is 0.941 bits per heavy atom. The summed E-state index contributed by atoms with van der Waals surface area (Å²) in [5.74, 6) is 0. The number of halogens is 1. The van der Waals surface area contributed by atoms with Gasteiger partial charge in [-0.2, -0.15) is 0 Å². The van der Waals surface area contributed by atoms with Crippen molar-refractivity contribution in [3.8, 4) is 0 Å². The van der Waals surface area contributed by atoms with E-state index in [9.17, 15) is 0 Å². The molecule has 3 heteroatoms. The second-order valence-electron chi connectivity index (χ2n) is 10.9. The predicted octanol–water partition coefficient (Wildman–Crippen LogP) is 8.23. The molecule has 5 rings (SSSR count). The summed E-state index contributed by atoms with van der Waals surface area (Å²) in [6, 6.07) is 17.6. The van der Waals surface area contributed by atoms with E-state index in [1.807, 2.05) is 0 Å². The van der Waals surface area contributed by atoms with E-state index in [1.54, 1.807) is 0 Å². The highest BCUT2D eigenvalue weighted by atomic mass is 35.5. The molecule has 0 aromatic heterocycles. The van der Waals surface area contributed by atoms with Crippen molar-refractivity contribution in [2.75, 3.05) is 17.3 Å². The molecule has 1 atom stereocenters. The zero-order valence-electron chi connectivity index (χ0n) is 21.0. The Labute approximate surface area is 209 Å². The topological polar surface area (TPSA) is 15.3 Å². The van der Waals surface area contributed by atoms with Gasteiger partial charge >= 0.3 is 0 Å². The third-order valence-electron chi connectivity index (χ3n) is 8.04. The summed E-state index contributed by atoms with van der Waals surface area (Å²) >= 11 is 6.97. The van der Waals surface area contributed by atoms with Crippen LogP contribution in [0.1, 0.15) is 58.1 Å². The molecule has 0 fully saturated rings. The van der Waals surface area contributed by atoms with Gasteiger partial charge in [0.05, 0.1) is 6.04 Å². The van der Waals surface area contributed by atoms with Gasteiger partial charge in [0.15, 0.2) is 0 Å². The summed E-state index contributed by atoms with van der Waals surface area (Å²) < 4.78 is 0. The molecule has 34 heavy (non-hydrogen) atoms. The normalized spacial score (nSPS) is 25.2. The molecule has 2 aliphatic heterocycles. The van der Waals surface area contributed by atoms with Crippen molar-refractivity contribution in [2.45, 2.75) is 63.8 Å². The number of fused-ring (bicyclic) bond motifs is 2. The van der Waals surface area contributed by atoms with Crippen molar-refractivity contribution < 1.29 is 0 Å². The van der Waals surface area contributed by atoms with E-state index in [0.29, 0.717) is 0 Å². The number of benzene rings is 2. The molecular weight excluding hydrogens is 436 g/mol. The lowest BCUT2D eigenvalue weighted by atomic mass is 9.80. The summed E-state index contributed by atoms with van der Waals surface area (Å²) in [6.07, 6.45) is 12.3. The SMILES string of the molecule is CN1/C(=C/C=C2\CCCC(/C=C/C3Nc4ccccc4C3(C)C)=C2Cl)C(C)(C)c2ccccc21. The minimum atomic E-state index is -0.0231. The molecule has 1 N–H and O–H groups in total. The van der Waals surface area contributed by atoms with Gasteiger partial charge < -0.3 is 10.2 Å². The highest BCUT2D eigenvalue weighted by molar-refractivity contribution is 6.32. The van der Waals surface area contributed by atoms with Gasteiger partial charge in [0, 0.05) is 40.0 Å². The Bertz CT molecular complexity index is 1240. The van der Waals surface area contributed by atoms with Crippen molar-refractivity contribution >= 4 is 23.0 Å². The minimum absolute atomic E-state index is 0.0231. The van der Waals surface area contributed by atoms with Gasteiger partial charge in [-0.3, -0.25) is 0 Å². The van der Waals surface area contributed by atoms with E-state index < -0.39 is 0 Å². The summed E-state index contributed by atoms with van der Waals surface area (Å²) in [5, 5.41) is 4.61. The van der Waals surface area contributed by atoms with Crippen molar-refractivity contribution in [3.63, 3.8) is 0 Å². The molecule has 0 saturated heterocycles. The van der Waals surface area contributed by atoms with Crippen molar-refractivity contribution in [1.82, 2.24) is 0 Å². The van der Waals surface area contributed by atoms with Gasteiger partial charge in [0.1, 0.15) is 0 Å². The maximum absolute atomic E-state index is 6.97. The lowest BCUT2D eigenvalue weighted by molar-refractivity contribution is 0.517. The zero-order chi connectivity index (χ0) is 24.1. The van der Waals surface area contributed by atoms with E-state index in [0.717, 1.165) is 24.3 Å². The third-order valence-corrected chi connectivity index (χ3v) is 8.52. The molecule has 3 aliphatic rings. The van der Waals surface area contributed by atoms with Gasteiger partial charge in [0.2, 0.25) is 0 Å². The first-order chi connectivity index (χ1) is 16.2. The number of nitrogens with one attached hydrogen (secondary N) is 1. The number of para-hydroxylation sites is 2. The molecule has 2 aromatic carbocycles. The maximum atomic E-state index is 6.97. The molecule has 0 saturated carbocycles. The standard InChI is InChI=1S/C31H35ClN2/c1-30(2)23-13-6-8-15-25(23)33-27(30)19-17-21-11-10-12-22(29(21)32)18-20-28-31(3,4)24-14-7-9-16-26(24)34(28)5/h6-9,13-20,27,33H,10-12H2,1-5H3/b19-17+,22-18+,28-20+. The van der Waals surface area contributed by atoms with Crippen LogP contribution in [0.25, 0.3) is 0 Å². The first-order valence-corrected chi connectivity index (χ1v) is 12.8. The molecule has 1 unspecified atom stereocenters. The average Bonchev–Trinajstić information content (AvgIpc) is 3.19. The van der Waals surface area contributed by atoms with Crippen LogP contribution in [0.5, 0.6) is 0 Å². The van der Waals surface area contributed by atoms with Crippen LogP contribution in [0.3, 0.4) is 0 Å². The number of anilines is 2. The van der Waals surface area contributed by atoms with Crippen LogP contribution >= 0.6 is 11.6 Å². The van der Waals surface area contributed by atoms with Crippen LogP contribution in [0.4, 0.5) is 11.4 Å². The third kappa shape index (κ3) is 3.73. The lowest BCUT2D eigenvalue weighted by Crippen LogP contribution is -2.31. The summed E-state index contributed by atoms with van der Waals surface area (Å²) in [7, 11) is 2.17. The molecule has 176 valence electrons. The lowest BCUT2D eigenvalue weighted by Gasteiger charge is -2.26. The fourth-order valence-electron chi connectivity index (χ4n) is 5.88. The molecule has 0 amide bonds. The van der Waals surface area contributed by atoms with E-state index in [4.69, 9.17) is 11.6 Å². The number of rotatable bonds is 3. The first kappa shape index (κ1) is 23.1. The van der Waals surface area contributed by atoms with E-state index >= 15 is 0 Å². The summed E-state index contributed by atoms with van der Waals surface area (Å²) in [6.45, 7) is 9.24. The number of likely N-dealkylation sites (N-methyl/N-ethyl adjacent to an activating group) is 1. The minimum Gasteiger partial charge on any atom is -0.378 e. The van der Waals surface area contributed by atoms with Gasteiger partial charge in [-0.15, -0.1) is 0 Å². The quantitative estimate of drug-likeness (QED) is 0.485. The Morgan fingerprint density at radius 3 is 2.38 bits per heavy atom. The van der Waals surface area contributed by atoms with Gasteiger partial charge in [-0.25, -0.2) is 0 Å². The van der Waals surface area contributed by atoms with Crippen molar-refractivity contribution in [3.05, 3.63) is 106 Å². The first-order valence-electron chi connectivity index (χ1n) is 12.4. The van der Waals surface area contributed by atoms with E-state index in [-0.39, 0.29) is 16.9 Å². The number of hydrogen-bond acceptors (Lipinski definition) is 2. The van der Waals surface area contributed by atoms with Gasteiger partial charge in [0.25, 0.3) is 0 Å². The number of nitrogens with zero attached hydrogens (tertiary/aromatic N) is 1. The Morgan fingerprint density at radius 2 is 1.65 bits per heavy atom. The van der Waals surface area contributed by atoms with Crippen molar-refractivity contribution in [1.29, 1.82) is 0 Å². The summed E-state index contributed by atoms with van der Waals surface area (Å²) in [5.41, 5.74) is 9.10. The molecular formula is C31H35ClN2. The highest BCUT2D eigenvalue weighted by Crippen LogP contribution is 2.47. The largest absolute Gasteiger partial charge is 0.378 e. The molecule has 1 aliphatic carbocycles. The zero-order valence-corrected chi connectivity index (χ0v) is 21.7. The fraction of sp³-hybridized carbons (Fsp3) is 0.355. The molecule has 2 nitrogen and oxygen atoms in total. The second-order valence-corrected chi connectivity index (χ2v) is 11.3. The summed E-state index contributed by atoms with van der Waals surface area (Å²) in [4.78, 5) is 2.32. The molecule has 0 spiro atoms. The average molecular weight is 471 g/mol.